The number of carbonyl (C=O) groups is 3. The summed E-state index contributed by atoms with van der Waals surface area (Å²) in [5.74, 6) is -0.945. The molecule has 3 rings (SSSR count). The van der Waals surface area contributed by atoms with Gasteiger partial charge in [0.1, 0.15) is 6.04 Å². The lowest BCUT2D eigenvalue weighted by Gasteiger charge is -2.31. The molecule has 1 aromatic heterocycles. The van der Waals surface area contributed by atoms with E-state index in [0.29, 0.717) is 6.54 Å². The Kier molecular flexibility index (Phi) is 5.36. The molecule has 0 radical (unpaired) electrons. The molecule has 0 spiro atoms. The molecule has 0 aliphatic carbocycles. The number of amides is 3. The first-order valence-electron chi connectivity index (χ1n) is 8.56. The topological polar surface area (TPSA) is 91.6 Å². The number of benzene rings is 1. The Balaban J connectivity index is 1.54. The Bertz CT molecular complexity index is 801. The maximum atomic E-state index is 12.7. The van der Waals surface area contributed by atoms with E-state index in [1.807, 2.05) is 24.3 Å². The molecule has 2 N–H and O–H groups in total. The van der Waals surface area contributed by atoms with Crippen molar-refractivity contribution in [3.63, 3.8) is 0 Å². The predicted molar refractivity (Wildman–Crippen MR) is 95.8 cm³/mol. The molecule has 1 aromatic carbocycles. The number of nitrogens with zero attached hydrogens (tertiary/aromatic N) is 1. The van der Waals surface area contributed by atoms with E-state index in [0.717, 1.165) is 24.1 Å². The highest BCUT2D eigenvalue weighted by atomic mass is 16.3. The molecule has 136 valence electrons. The largest absolute Gasteiger partial charge is 0.459 e. The van der Waals surface area contributed by atoms with E-state index in [2.05, 4.69) is 10.6 Å². The smallest absolute Gasteiger partial charge is 0.287 e. The summed E-state index contributed by atoms with van der Waals surface area (Å²) in [4.78, 5) is 38.2. The summed E-state index contributed by atoms with van der Waals surface area (Å²) >= 11 is 0. The van der Waals surface area contributed by atoms with Crippen LogP contribution >= 0.6 is 0 Å². The van der Waals surface area contributed by atoms with Gasteiger partial charge in [0, 0.05) is 12.2 Å². The van der Waals surface area contributed by atoms with Gasteiger partial charge in [0.15, 0.2) is 5.76 Å². The molecule has 26 heavy (non-hydrogen) atoms. The van der Waals surface area contributed by atoms with Crippen LogP contribution in [0.5, 0.6) is 0 Å². The highest BCUT2D eigenvalue weighted by Crippen LogP contribution is 2.27. The summed E-state index contributed by atoms with van der Waals surface area (Å²) in [5.41, 5.74) is 2.03. The third kappa shape index (κ3) is 3.93. The summed E-state index contributed by atoms with van der Waals surface area (Å²) < 4.78 is 4.95. The Hall–Kier alpha value is -3.09. The SMILES string of the molecule is C[C@@H](NC(=O)CNC(=O)c1ccco1)C(=O)N1CCCc2ccccc21. The van der Waals surface area contributed by atoms with Crippen molar-refractivity contribution in [2.24, 2.45) is 0 Å². The van der Waals surface area contributed by atoms with Crippen LogP contribution in [0.3, 0.4) is 0 Å². The fourth-order valence-corrected chi connectivity index (χ4v) is 3.01. The van der Waals surface area contributed by atoms with Crippen LogP contribution in [-0.2, 0) is 16.0 Å². The molecular formula is C19H21N3O4. The van der Waals surface area contributed by atoms with Gasteiger partial charge in [-0.1, -0.05) is 18.2 Å². The van der Waals surface area contributed by atoms with E-state index in [9.17, 15) is 14.4 Å². The molecule has 7 heteroatoms. The Morgan fingerprint density at radius 1 is 1.19 bits per heavy atom. The van der Waals surface area contributed by atoms with Gasteiger partial charge in [0.05, 0.1) is 12.8 Å². The van der Waals surface area contributed by atoms with Crippen LogP contribution in [0.15, 0.2) is 47.1 Å². The molecule has 1 atom stereocenters. The standard InChI is InChI=1S/C19H21N3O4/c1-13(21-17(23)12-20-18(24)16-9-5-11-26-16)19(25)22-10-4-7-14-6-2-3-8-15(14)22/h2-3,5-6,8-9,11,13H,4,7,10,12H2,1H3,(H,20,24)(H,21,23)/t13-/m1/s1. The van der Waals surface area contributed by atoms with Gasteiger partial charge >= 0.3 is 0 Å². The van der Waals surface area contributed by atoms with Crippen molar-refractivity contribution in [2.75, 3.05) is 18.0 Å². The van der Waals surface area contributed by atoms with Crippen molar-refractivity contribution < 1.29 is 18.8 Å². The first-order chi connectivity index (χ1) is 12.6. The maximum absolute atomic E-state index is 12.7. The number of anilines is 1. The van der Waals surface area contributed by atoms with Crippen molar-refractivity contribution in [2.45, 2.75) is 25.8 Å². The first kappa shape index (κ1) is 17.7. The van der Waals surface area contributed by atoms with E-state index in [4.69, 9.17) is 4.42 Å². The number of nitrogens with one attached hydrogen (secondary N) is 2. The quantitative estimate of drug-likeness (QED) is 0.850. The van der Waals surface area contributed by atoms with Crippen molar-refractivity contribution in [3.05, 3.63) is 54.0 Å². The third-order valence-corrected chi connectivity index (χ3v) is 4.28. The second-order valence-electron chi connectivity index (χ2n) is 6.17. The third-order valence-electron chi connectivity index (χ3n) is 4.28. The number of furan rings is 1. The number of carbonyl (C=O) groups excluding carboxylic acids is 3. The van der Waals surface area contributed by atoms with E-state index in [1.165, 1.54) is 12.3 Å². The normalized spacial score (nSPS) is 14.3. The zero-order valence-corrected chi connectivity index (χ0v) is 14.5. The minimum Gasteiger partial charge on any atom is -0.459 e. The lowest BCUT2D eigenvalue weighted by Crippen LogP contribution is -2.50. The van der Waals surface area contributed by atoms with Crippen molar-refractivity contribution in [1.82, 2.24) is 10.6 Å². The molecule has 7 nitrogen and oxygen atoms in total. The van der Waals surface area contributed by atoms with Crippen LogP contribution in [0.1, 0.15) is 29.5 Å². The maximum Gasteiger partial charge on any atom is 0.287 e. The van der Waals surface area contributed by atoms with Gasteiger partial charge in [-0.25, -0.2) is 0 Å². The highest BCUT2D eigenvalue weighted by Gasteiger charge is 2.27. The molecule has 0 saturated heterocycles. The molecule has 2 aromatic rings. The van der Waals surface area contributed by atoms with E-state index >= 15 is 0 Å². The van der Waals surface area contributed by atoms with Gasteiger partial charge < -0.3 is 20.0 Å². The molecule has 2 heterocycles. The molecule has 0 bridgehead atoms. The minimum absolute atomic E-state index is 0.131. The molecule has 0 unspecified atom stereocenters. The number of rotatable bonds is 5. The van der Waals surface area contributed by atoms with Crippen LogP contribution in [0.2, 0.25) is 0 Å². The Morgan fingerprint density at radius 2 is 2.00 bits per heavy atom. The summed E-state index contributed by atoms with van der Waals surface area (Å²) in [6, 6.07) is 10.2. The zero-order valence-electron chi connectivity index (χ0n) is 14.5. The number of aryl methyl sites for hydroxylation is 1. The molecule has 1 aliphatic rings. The van der Waals surface area contributed by atoms with Gasteiger partial charge in [-0.05, 0) is 43.5 Å². The van der Waals surface area contributed by atoms with Gasteiger partial charge in [-0.15, -0.1) is 0 Å². The van der Waals surface area contributed by atoms with Crippen LogP contribution in [-0.4, -0.2) is 36.9 Å². The van der Waals surface area contributed by atoms with Crippen molar-refractivity contribution in [1.29, 1.82) is 0 Å². The second kappa shape index (κ2) is 7.86. The Labute approximate surface area is 151 Å². The Morgan fingerprint density at radius 3 is 2.77 bits per heavy atom. The monoisotopic (exact) mass is 355 g/mol. The van der Waals surface area contributed by atoms with Crippen molar-refractivity contribution >= 4 is 23.4 Å². The number of hydrogen-bond acceptors (Lipinski definition) is 4. The van der Waals surface area contributed by atoms with Gasteiger partial charge in [0.25, 0.3) is 5.91 Å². The molecular weight excluding hydrogens is 334 g/mol. The van der Waals surface area contributed by atoms with Crippen LogP contribution in [0.4, 0.5) is 5.69 Å². The van der Waals surface area contributed by atoms with Crippen molar-refractivity contribution in [3.8, 4) is 0 Å². The van der Waals surface area contributed by atoms with E-state index in [-0.39, 0.29) is 18.2 Å². The zero-order chi connectivity index (χ0) is 18.5. The molecule has 0 fully saturated rings. The fraction of sp³-hybridized carbons (Fsp3) is 0.316. The lowest BCUT2D eigenvalue weighted by atomic mass is 10.0. The summed E-state index contributed by atoms with van der Waals surface area (Å²) in [6.45, 7) is 2.05. The number of hydrogen-bond donors (Lipinski definition) is 2. The minimum atomic E-state index is -0.686. The van der Waals surface area contributed by atoms with E-state index < -0.39 is 17.9 Å². The van der Waals surface area contributed by atoms with Crippen LogP contribution in [0, 0.1) is 0 Å². The van der Waals surface area contributed by atoms with Gasteiger partial charge in [-0.2, -0.15) is 0 Å². The molecule has 0 saturated carbocycles. The number of para-hydroxylation sites is 1. The van der Waals surface area contributed by atoms with E-state index in [1.54, 1.807) is 17.9 Å². The van der Waals surface area contributed by atoms with Gasteiger partial charge in [0.2, 0.25) is 11.8 Å². The highest BCUT2D eigenvalue weighted by molar-refractivity contribution is 6.00. The summed E-state index contributed by atoms with van der Waals surface area (Å²) in [5, 5.41) is 5.09. The van der Waals surface area contributed by atoms with Crippen LogP contribution < -0.4 is 15.5 Å². The summed E-state index contributed by atoms with van der Waals surface area (Å²) in [6.07, 6.45) is 3.22. The average molecular weight is 355 g/mol. The van der Waals surface area contributed by atoms with Crippen LogP contribution in [0.25, 0.3) is 0 Å². The molecule has 1 aliphatic heterocycles. The average Bonchev–Trinajstić information content (AvgIpc) is 3.20. The number of fused-ring (bicyclic) bond motifs is 1. The summed E-state index contributed by atoms with van der Waals surface area (Å²) in [7, 11) is 0. The predicted octanol–water partition coefficient (Wildman–Crippen LogP) is 1.49. The lowest BCUT2D eigenvalue weighted by molar-refractivity contribution is -0.126. The molecule has 3 amide bonds. The fourth-order valence-electron chi connectivity index (χ4n) is 3.01. The first-order valence-corrected chi connectivity index (χ1v) is 8.56. The van der Waals surface area contributed by atoms with Gasteiger partial charge in [-0.3, -0.25) is 14.4 Å². The second-order valence-corrected chi connectivity index (χ2v) is 6.17.